The van der Waals surface area contributed by atoms with Gasteiger partial charge in [-0.15, -0.1) is 0 Å². The number of aliphatic imine (C=N–C) groups is 4. The van der Waals surface area contributed by atoms with Crippen LogP contribution in [0.15, 0.2) is 148 Å². The minimum Gasteiger partial charge on any atom is -0.305 e. The monoisotopic (exact) mass is 1220 g/mol. The summed E-state index contributed by atoms with van der Waals surface area (Å²) in [4.78, 5) is 35.1. The number of fused-ring (bicyclic) bond motifs is 4. The highest BCUT2D eigenvalue weighted by atomic mass is 32.2. The molecule has 0 amide bonds. The molecule has 6 aliphatic rings. The van der Waals surface area contributed by atoms with Crippen LogP contribution in [0, 0.1) is 18.6 Å². The Bertz CT molecular complexity index is 4010. The van der Waals surface area contributed by atoms with Crippen molar-refractivity contribution in [3.63, 3.8) is 0 Å². The summed E-state index contributed by atoms with van der Waals surface area (Å²) in [6.45, 7) is 4.72. The summed E-state index contributed by atoms with van der Waals surface area (Å²) in [6.07, 6.45) is 15.0. The number of hydrogen-bond acceptors (Lipinski definition) is 17. The first-order chi connectivity index (χ1) is 40.2. The number of likely N-dealkylation sites (N-methyl/N-ethyl adjacent to an activating group) is 1. The van der Waals surface area contributed by atoms with Gasteiger partial charge in [0.1, 0.15) is 11.6 Å². The lowest BCUT2D eigenvalue weighted by Gasteiger charge is -2.20. The van der Waals surface area contributed by atoms with Crippen molar-refractivity contribution in [2.75, 3.05) is 40.3 Å². The molecule has 3 N–H and O–H groups in total. The molecule has 84 heavy (non-hydrogen) atoms. The molecule has 6 aromatic rings. The molecule has 1 saturated heterocycles. The average molecular weight is 1220 g/mol. The van der Waals surface area contributed by atoms with Gasteiger partial charge in [-0.1, -0.05) is 42.0 Å². The third-order valence-electron chi connectivity index (χ3n) is 14.2. The molecule has 12 rings (SSSR count). The fourth-order valence-electron chi connectivity index (χ4n) is 9.82. The largest absolute Gasteiger partial charge is 0.305 e. The summed E-state index contributed by atoms with van der Waals surface area (Å²) in [5.74, 6) is -1.38. The van der Waals surface area contributed by atoms with E-state index in [1.807, 2.05) is 57.4 Å². The zero-order valence-electron chi connectivity index (χ0n) is 46.3. The normalized spacial score (nSPS) is 17.9. The topological polar surface area (TPSA) is 280 Å². The van der Waals surface area contributed by atoms with E-state index in [-0.39, 0.29) is 51.8 Å². The van der Waals surface area contributed by atoms with E-state index in [1.54, 1.807) is 77.6 Å². The van der Waals surface area contributed by atoms with Crippen molar-refractivity contribution in [2.24, 2.45) is 20.0 Å². The van der Waals surface area contributed by atoms with Gasteiger partial charge in [-0.2, -0.15) is 4.31 Å². The van der Waals surface area contributed by atoms with Crippen LogP contribution in [0.3, 0.4) is 0 Å². The molecule has 442 valence electrons. The maximum Gasteiger partial charge on any atom is 0.260 e. The number of nitrogens with zero attached hydrogens (tertiary/aromatic N) is 10. The Hall–Kier alpha value is -7.08. The molecule has 4 aromatic heterocycles. The predicted octanol–water partition coefficient (Wildman–Crippen LogP) is 5.27. The Balaban J connectivity index is 0.000000135. The summed E-state index contributed by atoms with van der Waals surface area (Å²) >= 11 is 0. The number of pyridine rings is 4. The second-order valence-electron chi connectivity index (χ2n) is 20.4. The number of rotatable bonds is 12. The standard InChI is InChI=1S/C16H17N3O2S.C15H13F2N3O2S.C13H18N4O2S.C13H15N3O2S/c1-12-4-6-13(7-5-12)8-10-19-22(20,21)16-14-3-2-9-17-15(14)11-18-16;16-11-6-10(7-12(17)8-11)3-5-20-23(21,22)15-13-2-1-4-18-14(13)9-19-15;1-16(2)10-5-7-17(9-10)20(18,19)13-11-4-3-6-14-12(11)8-15-13;17-19(18,16-10-5-2-1-3-6-10)13-11-7-4-8-14-12(11)9-15-13/h2-7,9,19H,8,10-11H2,1H3;1-2,4,6-8,20H,3,5,9H2;3-4,6,10H,5,7-9H2,1-2H3;2,4-5,7-8,10,16H,1,3,6,9H2/t;;;10-/m...0/s1. The van der Waals surface area contributed by atoms with E-state index >= 15 is 0 Å². The first-order valence-electron chi connectivity index (χ1n) is 27.0. The van der Waals surface area contributed by atoms with Gasteiger partial charge >= 0.3 is 0 Å². The van der Waals surface area contributed by atoms with Crippen molar-refractivity contribution in [3.8, 4) is 0 Å². The molecule has 0 bridgehead atoms. The predicted molar refractivity (Wildman–Crippen MR) is 318 cm³/mol. The maximum atomic E-state index is 13.1. The van der Waals surface area contributed by atoms with Crippen LogP contribution in [0.4, 0.5) is 8.78 Å². The lowest BCUT2D eigenvalue weighted by molar-refractivity contribution is 0.303. The van der Waals surface area contributed by atoms with Crippen molar-refractivity contribution < 1.29 is 42.5 Å². The first kappa shape index (κ1) is 61.5. The molecule has 2 aromatic carbocycles. The SMILES string of the molecule is CN(C)C1CCN(S(=O)(=O)C2=NCc3ncccc32)C1.Cc1ccc(CCNS(=O)(=O)C2=NCc3ncccc32)cc1.O=S(=O)(NCCc1cc(F)cc(F)c1)C1=NCc2ncccc21.O=S(=O)(N[C@H]1C=CCCC1)C1=NCc2ncccc21. The van der Waals surface area contributed by atoms with Gasteiger partial charge < -0.3 is 4.90 Å². The highest BCUT2D eigenvalue weighted by Gasteiger charge is 2.39. The number of halogens is 2. The van der Waals surface area contributed by atoms with Crippen molar-refractivity contribution in [1.82, 2.24) is 43.3 Å². The van der Waals surface area contributed by atoms with E-state index in [4.69, 9.17) is 0 Å². The Morgan fingerprint density at radius 3 is 1.44 bits per heavy atom. The molecule has 0 radical (unpaired) electrons. The minimum absolute atomic E-state index is 0.0137. The van der Waals surface area contributed by atoms with Crippen molar-refractivity contribution in [1.29, 1.82) is 0 Å². The lowest BCUT2D eigenvalue weighted by Crippen LogP contribution is -2.38. The molecule has 1 aliphatic carbocycles. The van der Waals surface area contributed by atoms with Crippen molar-refractivity contribution in [2.45, 2.75) is 83.7 Å². The van der Waals surface area contributed by atoms with Crippen LogP contribution in [0.25, 0.3) is 0 Å². The molecule has 1 unspecified atom stereocenters. The number of aryl methyl sites for hydroxylation is 1. The van der Waals surface area contributed by atoms with Crippen molar-refractivity contribution >= 4 is 60.3 Å². The number of hydrogen-bond donors (Lipinski definition) is 3. The Morgan fingerprint density at radius 2 is 1.00 bits per heavy atom. The summed E-state index contributed by atoms with van der Waals surface area (Å²) in [5.41, 5.74) is 7.81. The zero-order valence-corrected chi connectivity index (χ0v) is 49.6. The Labute approximate surface area is 488 Å². The molecule has 1 fully saturated rings. The van der Waals surface area contributed by atoms with Crippen LogP contribution in [-0.4, -0.2) is 135 Å². The van der Waals surface area contributed by atoms with Crippen LogP contribution < -0.4 is 14.2 Å². The highest BCUT2D eigenvalue weighted by Crippen LogP contribution is 2.27. The van der Waals surface area contributed by atoms with Crippen LogP contribution in [0.1, 0.15) is 87.4 Å². The van der Waals surface area contributed by atoms with Crippen LogP contribution in [0.2, 0.25) is 0 Å². The van der Waals surface area contributed by atoms with E-state index in [1.165, 1.54) is 17.7 Å². The Morgan fingerprint density at radius 1 is 0.560 bits per heavy atom. The molecular weight excluding hydrogens is 1160 g/mol. The van der Waals surface area contributed by atoms with E-state index < -0.39 is 51.7 Å². The molecular formula is C57H63F2N13O8S4. The van der Waals surface area contributed by atoms with Crippen LogP contribution in [-0.2, 0) is 79.1 Å². The number of sulfonamides is 4. The summed E-state index contributed by atoms with van der Waals surface area (Å²) in [7, 11) is -10.5. The van der Waals surface area contributed by atoms with Gasteiger partial charge in [-0.3, -0.25) is 39.9 Å². The number of aromatic nitrogens is 4. The third-order valence-corrected chi connectivity index (χ3v) is 20.4. The molecule has 9 heterocycles. The van der Waals surface area contributed by atoms with Gasteiger partial charge in [0.15, 0.2) is 20.2 Å². The zero-order chi connectivity index (χ0) is 59.7. The summed E-state index contributed by atoms with van der Waals surface area (Å²) < 4.78 is 135. The molecule has 27 heteroatoms. The lowest BCUT2D eigenvalue weighted by atomic mass is 10.0. The second kappa shape index (κ2) is 26.9. The summed E-state index contributed by atoms with van der Waals surface area (Å²) in [6, 6.07) is 25.1. The first-order valence-corrected chi connectivity index (χ1v) is 32.9. The van der Waals surface area contributed by atoms with E-state index in [2.05, 4.69) is 59.0 Å². The van der Waals surface area contributed by atoms with Crippen LogP contribution >= 0.6 is 0 Å². The molecule has 0 saturated carbocycles. The Kier molecular flexibility index (Phi) is 19.7. The smallest absolute Gasteiger partial charge is 0.260 e. The van der Waals surface area contributed by atoms with Gasteiger partial charge in [0.05, 0.1) is 49.0 Å². The average Bonchev–Trinajstić information content (AvgIpc) is 3.99. The van der Waals surface area contributed by atoms with E-state index in [0.717, 1.165) is 48.7 Å². The molecule has 5 aliphatic heterocycles. The van der Waals surface area contributed by atoms with Crippen LogP contribution in [0.5, 0.6) is 0 Å². The number of allylic oxidation sites excluding steroid dienone is 1. The fraction of sp³-hybridized carbons (Fsp3) is 0.333. The fourth-order valence-corrected chi connectivity index (χ4v) is 15.3. The molecule has 2 atom stereocenters. The van der Waals surface area contributed by atoms with Crippen molar-refractivity contribution in [3.05, 3.63) is 201 Å². The molecule has 21 nitrogen and oxygen atoms in total. The third kappa shape index (κ3) is 15.1. The van der Waals surface area contributed by atoms with E-state index in [9.17, 15) is 42.5 Å². The quantitative estimate of drug-likeness (QED) is 0.132. The van der Waals surface area contributed by atoms with Gasteiger partial charge in [-0.25, -0.2) is 56.6 Å². The summed E-state index contributed by atoms with van der Waals surface area (Å²) in [5, 5.41) is 0.347. The van der Waals surface area contributed by atoms with Gasteiger partial charge in [-0.05, 0) is 131 Å². The molecule has 0 spiro atoms. The number of nitrogens with one attached hydrogen (secondary N) is 3. The highest BCUT2D eigenvalue weighted by molar-refractivity contribution is 8.06. The van der Waals surface area contributed by atoms with Gasteiger partial charge in [0, 0.05) is 91.4 Å². The van der Waals surface area contributed by atoms with Gasteiger partial charge in [0.25, 0.3) is 40.1 Å². The van der Waals surface area contributed by atoms with E-state index in [0.29, 0.717) is 84.9 Å². The number of benzene rings is 2. The minimum atomic E-state index is -3.79. The second-order valence-corrected chi connectivity index (χ2v) is 27.2. The van der Waals surface area contributed by atoms with Gasteiger partial charge in [0.2, 0.25) is 0 Å². The maximum absolute atomic E-state index is 13.1.